The molecule has 0 aromatic heterocycles. The lowest BCUT2D eigenvalue weighted by Crippen LogP contribution is -2.61. The van der Waals surface area contributed by atoms with Crippen molar-refractivity contribution in [2.45, 2.75) is 88.9 Å². The first-order valence-electron chi connectivity index (χ1n) is 11.1. The predicted octanol–water partition coefficient (Wildman–Crippen LogP) is 1.39. The van der Waals surface area contributed by atoms with Gasteiger partial charge in [-0.15, -0.1) is 0 Å². The fourth-order valence-corrected chi connectivity index (χ4v) is 6.15. The minimum Gasteiger partial charge on any atom is -0.352 e. The van der Waals surface area contributed by atoms with Crippen LogP contribution in [0, 0.1) is 17.8 Å². The summed E-state index contributed by atoms with van der Waals surface area (Å²) in [6.07, 6.45) is 9.28. The maximum Gasteiger partial charge on any atom is 0.237 e. The van der Waals surface area contributed by atoms with Gasteiger partial charge in [0.25, 0.3) is 0 Å². The van der Waals surface area contributed by atoms with Crippen LogP contribution >= 0.6 is 0 Å². The Labute approximate surface area is 163 Å². The SMILES string of the molecule is CC1CCCC2CC(C(=O)N[C@H]3C[C@@H]4CC[C@H]3CN4C(=O)CCCN)NC12. The van der Waals surface area contributed by atoms with E-state index in [1.54, 1.807) is 0 Å². The van der Waals surface area contributed by atoms with Crippen molar-refractivity contribution in [3.63, 3.8) is 0 Å². The standard InChI is InChI=1S/C21H36N4O2/c1-13-4-2-5-14-10-18(23-20(13)14)21(27)24-17-11-16-8-7-15(17)12-25(16)19(26)6-3-9-22/h13-18,20,23H,2-12,22H2,1H3,(H,24,27)/t13?,14?,15-,16-,17-,18?,20?/m0/s1. The maximum atomic E-state index is 12.9. The molecule has 0 spiro atoms. The fraction of sp³-hybridized carbons (Fsp3) is 0.905. The highest BCUT2D eigenvalue weighted by Gasteiger charge is 2.45. The lowest BCUT2D eigenvalue weighted by Gasteiger charge is -2.50. The number of carbonyl (C=O) groups excluding carboxylic acids is 2. The van der Waals surface area contributed by atoms with Gasteiger partial charge in [-0.3, -0.25) is 9.59 Å². The first-order chi connectivity index (χ1) is 13.1. The van der Waals surface area contributed by atoms with E-state index in [0.717, 1.165) is 38.6 Å². The van der Waals surface area contributed by atoms with Crippen molar-refractivity contribution in [2.75, 3.05) is 13.1 Å². The van der Waals surface area contributed by atoms with Crippen LogP contribution < -0.4 is 16.4 Å². The zero-order chi connectivity index (χ0) is 19.0. The normalized spacial score (nSPS) is 40.7. The van der Waals surface area contributed by atoms with Crippen LogP contribution in [-0.4, -0.2) is 54.0 Å². The molecule has 0 radical (unpaired) electrons. The molecule has 2 saturated carbocycles. The molecule has 3 aliphatic heterocycles. The quantitative estimate of drug-likeness (QED) is 0.677. The highest BCUT2D eigenvalue weighted by molar-refractivity contribution is 5.82. The number of fused-ring (bicyclic) bond motifs is 4. The van der Waals surface area contributed by atoms with Gasteiger partial charge in [-0.05, 0) is 69.2 Å². The number of rotatable bonds is 5. The second kappa shape index (κ2) is 8.08. The Morgan fingerprint density at radius 1 is 1.15 bits per heavy atom. The molecule has 7 atom stereocenters. The van der Waals surface area contributed by atoms with E-state index in [9.17, 15) is 9.59 Å². The topological polar surface area (TPSA) is 87.5 Å². The number of piperidine rings is 2. The van der Waals surface area contributed by atoms with E-state index in [2.05, 4.69) is 22.5 Å². The van der Waals surface area contributed by atoms with Crippen molar-refractivity contribution >= 4 is 11.8 Å². The Balaban J connectivity index is 1.31. The van der Waals surface area contributed by atoms with Crippen LogP contribution in [0.25, 0.3) is 0 Å². The maximum absolute atomic E-state index is 12.9. The third-order valence-corrected chi connectivity index (χ3v) is 7.68. The van der Waals surface area contributed by atoms with Gasteiger partial charge in [0.15, 0.2) is 0 Å². The predicted molar refractivity (Wildman–Crippen MR) is 105 cm³/mol. The molecule has 3 saturated heterocycles. The summed E-state index contributed by atoms with van der Waals surface area (Å²) in [6, 6.07) is 1.03. The van der Waals surface area contributed by atoms with E-state index in [1.807, 2.05) is 0 Å². The first-order valence-corrected chi connectivity index (χ1v) is 11.1. The molecule has 0 aromatic rings. The van der Waals surface area contributed by atoms with Crippen LogP contribution in [0.15, 0.2) is 0 Å². The fourth-order valence-electron chi connectivity index (χ4n) is 6.15. The Morgan fingerprint density at radius 2 is 2.00 bits per heavy atom. The smallest absolute Gasteiger partial charge is 0.237 e. The van der Waals surface area contributed by atoms with Crippen LogP contribution in [0.2, 0.25) is 0 Å². The van der Waals surface area contributed by atoms with E-state index in [4.69, 9.17) is 5.73 Å². The van der Waals surface area contributed by atoms with Gasteiger partial charge in [-0.1, -0.05) is 13.3 Å². The van der Waals surface area contributed by atoms with Gasteiger partial charge in [-0.25, -0.2) is 0 Å². The average Bonchev–Trinajstić information content (AvgIpc) is 3.12. The Kier molecular flexibility index (Phi) is 5.74. The monoisotopic (exact) mass is 376 g/mol. The Bertz CT molecular complexity index is 568. The van der Waals surface area contributed by atoms with E-state index < -0.39 is 0 Å². The van der Waals surface area contributed by atoms with Crippen molar-refractivity contribution in [2.24, 2.45) is 23.5 Å². The molecule has 6 heteroatoms. The molecule has 4 N–H and O–H groups in total. The largest absolute Gasteiger partial charge is 0.352 e. The van der Waals surface area contributed by atoms with Gasteiger partial charge in [0, 0.05) is 31.1 Å². The molecule has 2 bridgehead atoms. The van der Waals surface area contributed by atoms with Crippen LogP contribution in [-0.2, 0) is 9.59 Å². The number of hydrogen-bond acceptors (Lipinski definition) is 4. The number of hydrogen-bond donors (Lipinski definition) is 3. The van der Waals surface area contributed by atoms with E-state index in [0.29, 0.717) is 42.8 Å². The molecule has 5 rings (SSSR count). The summed E-state index contributed by atoms with van der Waals surface area (Å²) < 4.78 is 0. The average molecular weight is 377 g/mol. The number of carbonyl (C=O) groups is 2. The number of nitrogens with two attached hydrogens (primary N) is 1. The zero-order valence-electron chi connectivity index (χ0n) is 16.7. The second-order valence-corrected chi connectivity index (χ2v) is 9.43. The summed E-state index contributed by atoms with van der Waals surface area (Å²) in [7, 11) is 0. The Morgan fingerprint density at radius 3 is 2.70 bits per heavy atom. The molecule has 0 aromatic carbocycles. The van der Waals surface area contributed by atoms with Gasteiger partial charge < -0.3 is 21.3 Å². The van der Waals surface area contributed by atoms with Crippen LogP contribution in [0.4, 0.5) is 0 Å². The van der Waals surface area contributed by atoms with Crippen LogP contribution in [0.3, 0.4) is 0 Å². The van der Waals surface area contributed by atoms with Gasteiger partial charge in [0.1, 0.15) is 0 Å². The molecule has 2 amide bonds. The summed E-state index contributed by atoms with van der Waals surface area (Å²) in [6.45, 7) is 3.70. The van der Waals surface area contributed by atoms with Crippen molar-refractivity contribution in [1.82, 2.24) is 15.5 Å². The number of nitrogens with zero attached hydrogens (tertiary/aromatic N) is 1. The molecule has 5 aliphatic rings. The summed E-state index contributed by atoms with van der Waals surface area (Å²) in [5.41, 5.74) is 5.55. The molecule has 6 nitrogen and oxygen atoms in total. The molecule has 5 fully saturated rings. The summed E-state index contributed by atoms with van der Waals surface area (Å²) in [5, 5.41) is 7.00. The number of amides is 2. The van der Waals surface area contributed by atoms with E-state index >= 15 is 0 Å². The summed E-state index contributed by atoms with van der Waals surface area (Å²) in [5.74, 6) is 2.19. The highest BCUT2D eigenvalue weighted by atomic mass is 16.2. The van der Waals surface area contributed by atoms with Gasteiger partial charge >= 0.3 is 0 Å². The van der Waals surface area contributed by atoms with E-state index in [-0.39, 0.29) is 23.9 Å². The molecule has 3 heterocycles. The first kappa shape index (κ1) is 19.2. The molecule has 4 unspecified atom stereocenters. The molecule has 2 aliphatic carbocycles. The van der Waals surface area contributed by atoms with Crippen molar-refractivity contribution in [1.29, 1.82) is 0 Å². The number of nitrogens with one attached hydrogen (secondary N) is 2. The zero-order valence-corrected chi connectivity index (χ0v) is 16.7. The third kappa shape index (κ3) is 3.88. The van der Waals surface area contributed by atoms with Crippen molar-refractivity contribution < 1.29 is 9.59 Å². The summed E-state index contributed by atoms with van der Waals surface area (Å²) >= 11 is 0. The van der Waals surface area contributed by atoms with Crippen LogP contribution in [0.5, 0.6) is 0 Å². The molecular weight excluding hydrogens is 340 g/mol. The molecule has 27 heavy (non-hydrogen) atoms. The van der Waals surface area contributed by atoms with Gasteiger partial charge in [0.2, 0.25) is 11.8 Å². The highest BCUT2D eigenvalue weighted by Crippen LogP contribution is 2.38. The van der Waals surface area contributed by atoms with Crippen molar-refractivity contribution in [3.8, 4) is 0 Å². The van der Waals surface area contributed by atoms with Crippen LogP contribution in [0.1, 0.15) is 64.7 Å². The van der Waals surface area contributed by atoms with Gasteiger partial charge in [-0.2, -0.15) is 0 Å². The minimum absolute atomic E-state index is 0.0247. The molecule has 152 valence electrons. The minimum atomic E-state index is -0.0247. The van der Waals surface area contributed by atoms with Crippen molar-refractivity contribution in [3.05, 3.63) is 0 Å². The third-order valence-electron chi connectivity index (χ3n) is 7.68. The Hall–Kier alpha value is -1.14. The lowest BCUT2D eigenvalue weighted by molar-refractivity contribution is -0.140. The van der Waals surface area contributed by atoms with E-state index in [1.165, 1.54) is 19.3 Å². The summed E-state index contributed by atoms with van der Waals surface area (Å²) in [4.78, 5) is 27.4. The lowest BCUT2D eigenvalue weighted by atomic mass is 9.75. The van der Waals surface area contributed by atoms with Gasteiger partial charge in [0.05, 0.1) is 6.04 Å². The molecular formula is C21H36N4O2. The second-order valence-electron chi connectivity index (χ2n) is 9.43.